The fourth-order valence-electron chi connectivity index (χ4n) is 2.97. The van der Waals surface area contributed by atoms with Gasteiger partial charge in [-0.1, -0.05) is 42.5 Å². The smallest absolute Gasteiger partial charge is 0.325 e. The summed E-state index contributed by atoms with van der Waals surface area (Å²) in [5.74, 6) is -1.05. The van der Waals surface area contributed by atoms with E-state index in [-0.39, 0.29) is 31.4 Å². The van der Waals surface area contributed by atoms with Crippen molar-refractivity contribution < 1.29 is 28.7 Å². The maximum atomic E-state index is 12.3. The quantitative estimate of drug-likeness (QED) is 0.493. The number of carbonyl (C=O) groups is 4. The molecule has 0 bridgehead atoms. The van der Waals surface area contributed by atoms with Gasteiger partial charge in [-0.25, -0.2) is 0 Å². The Bertz CT molecular complexity index is 965. The molecule has 1 N–H and O–H groups in total. The minimum Gasteiger partial charge on any atom is -0.460 e. The highest BCUT2D eigenvalue weighted by molar-refractivity contribution is 8.00. The Kier molecular flexibility index (Phi) is 7.66. The summed E-state index contributed by atoms with van der Waals surface area (Å²) >= 11 is 1.38. The molecule has 1 heterocycles. The molecule has 0 radical (unpaired) electrons. The summed E-state index contributed by atoms with van der Waals surface area (Å²) < 4.78 is 10.2. The third-order valence-electron chi connectivity index (χ3n) is 4.36. The van der Waals surface area contributed by atoms with E-state index in [9.17, 15) is 19.2 Å². The van der Waals surface area contributed by atoms with E-state index < -0.39 is 23.2 Å². The second-order valence-electron chi connectivity index (χ2n) is 6.77. The van der Waals surface area contributed by atoms with E-state index in [0.717, 1.165) is 11.1 Å². The molecule has 8 nitrogen and oxygen atoms in total. The van der Waals surface area contributed by atoms with E-state index in [1.54, 1.807) is 24.3 Å². The first-order valence-corrected chi connectivity index (χ1v) is 10.6. The van der Waals surface area contributed by atoms with Crippen LogP contribution in [0.4, 0.5) is 0 Å². The summed E-state index contributed by atoms with van der Waals surface area (Å²) in [5, 5.41) is 2.10. The maximum absolute atomic E-state index is 12.3. The van der Waals surface area contributed by atoms with Crippen LogP contribution in [0.25, 0.3) is 0 Å². The SMILES string of the molecule is CC(=O)Oc1cccc(C2SCC(=O)N2CC(=O)NCC(=O)OCc2ccccc2)c1. The highest BCUT2D eigenvalue weighted by Crippen LogP contribution is 2.39. The number of thioether (sulfide) groups is 1. The van der Waals surface area contributed by atoms with Gasteiger partial charge in [-0.3, -0.25) is 19.2 Å². The van der Waals surface area contributed by atoms with Gasteiger partial charge in [-0.2, -0.15) is 0 Å². The first kappa shape index (κ1) is 22.4. The monoisotopic (exact) mass is 442 g/mol. The number of hydrogen-bond acceptors (Lipinski definition) is 7. The van der Waals surface area contributed by atoms with Gasteiger partial charge in [0.1, 0.15) is 30.8 Å². The molecule has 0 saturated carbocycles. The van der Waals surface area contributed by atoms with Crippen LogP contribution in [-0.2, 0) is 30.5 Å². The van der Waals surface area contributed by atoms with Crippen LogP contribution in [0.5, 0.6) is 5.75 Å². The Morgan fingerprint density at radius 2 is 1.90 bits per heavy atom. The van der Waals surface area contributed by atoms with Crippen molar-refractivity contribution in [1.82, 2.24) is 10.2 Å². The number of benzene rings is 2. The number of rotatable bonds is 8. The van der Waals surface area contributed by atoms with Crippen molar-refractivity contribution in [3.63, 3.8) is 0 Å². The number of ether oxygens (including phenoxy) is 2. The predicted octanol–water partition coefficient (Wildman–Crippen LogP) is 2.05. The first-order valence-electron chi connectivity index (χ1n) is 9.58. The molecule has 1 saturated heterocycles. The number of esters is 2. The molecule has 1 fully saturated rings. The molecule has 162 valence electrons. The molecule has 3 rings (SSSR count). The van der Waals surface area contributed by atoms with Gasteiger partial charge in [-0.05, 0) is 23.3 Å². The number of nitrogens with zero attached hydrogens (tertiary/aromatic N) is 1. The lowest BCUT2D eigenvalue weighted by Gasteiger charge is -2.24. The van der Waals surface area contributed by atoms with Gasteiger partial charge in [0.05, 0.1) is 5.75 Å². The van der Waals surface area contributed by atoms with Crippen molar-refractivity contribution in [2.24, 2.45) is 0 Å². The van der Waals surface area contributed by atoms with Gasteiger partial charge in [0.2, 0.25) is 11.8 Å². The molecule has 1 atom stereocenters. The van der Waals surface area contributed by atoms with Crippen LogP contribution in [0, 0.1) is 0 Å². The van der Waals surface area contributed by atoms with Gasteiger partial charge < -0.3 is 19.7 Å². The first-order chi connectivity index (χ1) is 14.9. The molecule has 0 aromatic heterocycles. The lowest BCUT2D eigenvalue weighted by atomic mass is 10.2. The summed E-state index contributed by atoms with van der Waals surface area (Å²) in [4.78, 5) is 49.1. The number of nitrogens with one attached hydrogen (secondary N) is 1. The lowest BCUT2D eigenvalue weighted by molar-refractivity contribution is -0.145. The third kappa shape index (κ3) is 6.58. The third-order valence-corrected chi connectivity index (χ3v) is 5.62. The molecule has 2 aromatic carbocycles. The van der Waals surface area contributed by atoms with E-state index in [1.807, 2.05) is 30.3 Å². The Balaban J connectivity index is 1.52. The molecule has 0 spiro atoms. The normalized spacial score (nSPS) is 15.5. The van der Waals surface area contributed by atoms with E-state index in [2.05, 4.69) is 5.32 Å². The van der Waals surface area contributed by atoms with Crippen molar-refractivity contribution in [1.29, 1.82) is 0 Å². The van der Waals surface area contributed by atoms with Gasteiger partial charge in [0.25, 0.3) is 0 Å². The topological polar surface area (TPSA) is 102 Å². The molecule has 0 aliphatic carbocycles. The summed E-state index contributed by atoms with van der Waals surface area (Å²) in [6, 6.07) is 16.0. The van der Waals surface area contributed by atoms with Crippen molar-refractivity contribution in [2.75, 3.05) is 18.8 Å². The van der Waals surface area contributed by atoms with E-state index in [1.165, 1.54) is 23.6 Å². The lowest BCUT2D eigenvalue weighted by Crippen LogP contribution is -2.41. The van der Waals surface area contributed by atoms with Crippen molar-refractivity contribution in [3.05, 3.63) is 65.7 Å². The Hall–Kier alpha value is -3.33. The van der Waals surface area contributed by atoms with Crippen molar-refractivity contribution in [3.8, 4) is 5.75 Å². The second kappa shape index (κ2) is 10.6. The average Bonchev–Trinajstić information content (AvgIpc) is 3.11. The Morgan fingerprint density at radius 3 is 2.65 bits per heavy atom. The van der Waals surface area contributed by atoms with Crippen LogP contribution in [0.3, 0.4) is 0 Å². The fraction of sp³-hybridized carbons (Fsp3) is 0.273. The van der Waals surface area contributed by atoms with Crippen molar-refractivity contribution >= 4 is 35.5 Å². The molecule has 9 heteroatoms. The van der Waals surface area contributed by atoms with E-state index in [4.69, 9.17) is 9.47 Å². The van der Waals surface area contributed by atoms with Crippen LogP contribution >= 0.6 is 11.8 Å². The van der Waals surface area contributed by atoms with E-state index >= 15 is 0 Å². The molecule has 1 unspecified atom stereocenters. The van der Waals surface area contributed by atoms with Gasteiger partial charge in [-0.15, -0.1) is 11.8 Å². The zero-order valence-corrected chi connectivity index (χ0v) is 17.7. The zero-order valence-electron chi connectivity index (χ0n) is 16.9. The maximum Gasteiger partial charge on any atom is 0.325 e. The molecular weight excluding hydrogens is 420 g/mol. The highest BCUT2D eigenvalue weighted by Gasteiger charge is 2.34. The summed E-state index contributed by atoms with van der Waals surface area (Å²) in [6.07, 6.45) is 0. The standard InChI is InChI=1S/C22H22N2O6S/c1-15(25)30-18-9-5-8-17(10-18)22-24(20(27)14-31-22)12-19(26)23-11-21(28)29-13-16-6-3-2-4-7-16/h2-10,22H,11-14H2,1H3,(H,23,26). The molecule has 1 aliphatic rings. The Labute approximate surface area is 183 Å². The summed E-state index contributed by atoms with van der Waals surface area (Å²) in [7, 11) is 0. The highest BCUT2D eigenvalue weighted by atomic mass is 32.2. The summed E-state index contributed by atoms with van der Waals surface area (Å²) in [6.45, 7) is 0.952. The average molecular weight is 442 g/mol. The van der Waals surface area contributed by atoms with Crippen LogP contribution < -0.4 is 10.1 Å². The van der Waals surface area contributed by atoms with Crippen molar-refractivity contribution in [2.45, 2.75) is 18.9 Å². The van der Waals surface area contributed by atoms with Crippen LogP contribution in [0.1, 0.15) is 23.4 Å². The molecule has 31 heavy (non-hydrogen) atoms. The molecular formula is C22H22N2O6S. The van der Waals surface area contributed by atoms with Crippen LogP contribution in [0.2, 0.25) is 0 Å². The van der Waals surface area contributed by atoms with Gasteiger partial charge in [0, 0.05) is 6.92 Å². The van der Waals surface area contributed by atoms with Gasteiger partial charge >= 0.3 is 11.9 Å². The van der Waals surface area contributed by atoms with Crippen LogP contribution in [0.15, 0.2) is 54.6 Å². The molecule has 2 amide bonds. The molecule has 2 aromatic rings. The Morgan fingerprint density at radius 1 is 1.13 bits per heavy atom. The van der Waals surface area contributed by atoms with E-state index in [0.29, 0.717) is 5.75 Å². The minimum absolute atomic E-state index is 0.123. The summed E-state index contributed by atoms with van der Waals surface area (Å²) in [5.41, 5.74) is 1.59. The fourth-order valence-corrected chi connectivity index (χ4v) is 4.15. The second-order valence-corrected chi connectivity index (χ2v) is 7.84. The largest absolute Gasteiger partial charge is 0.460 e. The number of carbonyl (C=O) groups excluding carboxylic acids is 4. The number of amides is 2. The number of hydrogen-bond donors (Lipinski definition) is 1. The minimum atomic E-state index is -0.565. The van der Waals surface area contributed by atoms with Crippen LogP contribution in [-0.4, -0.2) is 47.5 Å². The predicted molar refractivity (Wildman–Crippen MR) is 114 cm³/mol. The zero-order chi connectivity index (χ0) is 22.2. The van der Waals surface area contributed by atoms with Gasteiger partial charge in [0.15, 0.2) is 0 Å². The molecule has 1 aliphatic heterocycles.